The maximum atomic E-state index is 12.2. The van der Waals surface area contributed by atoms with Crippen molar-refractivity contribution in [3.05, 3.63) is 53.5 Å². The molecule has 0 spiro atoms. The van der Waals surface area contributed by atoms with Crippen LogP contribution in [0.2, 0.25) is 0 Å². The van der Waals surface area contributed by atoms with Gasteiger partial charge < -0.3 is 14.8 Å². The third-order valence-electron chi connectivity index (χ3n) is 3.72. The van der Waals surface area contributed by atoms with E-state index >= 15 is 0 Å². The largest absolute Gasteiger partial charge is 0.497 e. The molecule has 1 N–H and O–H groups in total. The number of ether oxygens (including phenoxy) is 2. The van der Waals surface area contributed by atoms with Crippen molar-refractivity contribution in [2.45, 2.75) is 19.4 Å². The third-order valence-corrected chi connectivity index (χ3v) is 4.81. The first-order valence-corrected chi connectivity index (χ1v) is 8.90. The first-order chi connectivity index (χ1) is 12.2. The Balaban J connectivity index is 1.47. The van der Waals surface area contributed by atoms with Crippen molar-refractivity contribution in [3.63, 3.8) is 0 Å². The van der Waals surface area contributed by atoms with E-state index in [-0.39, 0.29) is 5.91 Å². The van der Waals surface area contributed by atoms with Gasteiger partial charge in [0, 0.05) is 13.0 Å². The molecule has 2 aromatic carbocycles. The van der Waals surface area contributed by atoms with E-state index in [1.165, 1.54) is 4.70 Å². The van der Waals surface area contributed by atoms with Crippen molar-refractivity contribution in [2.24, 2.45) is 0 Å². The molecule has 1 unspecified atom stereocenters. The highest BCUT2D eigenvalue weighted by Crippen LogP contribution is 2.21. The molecule has 6 heteroatoms. The van der Waals surface area contributed by atoms with Crippen LogP contribution in [0.1, 0.15) is 11.9 Å². The van der Waals surface area contributed by atoms with Gasteiger partial charge >= 0.3 is 0 Å². The lowest BCUT2D eigenvalue weighted by molar-refractivity contribution is -0.127. The second-order valence-corrected chi connectivity index (χ2v) is 6.67. The summed E-state index contributed by atoms with van der Waals surface area (Å²) in [5, 5.41) is 3.91. The molecule has 3 rings (SSSR count). The van der Waals surface area contributed by atoms with Crippen molar-refractivity contribution in [1.29, 1.82) is 0 Å². The van der Waals surface area contributed by atoms with E-state index in [1.807, 2.05) is 18.2 Å². The lowest BCUT2D eigenvalue weighted by atomic mass is 10.3. The summed E-state index contributed by atoms with van der Waals surface area (Å²) in [5.41, 5.74) is 1.00. The Kier molecular flexibility index (Phi) is 5.50. The fraction of sp³-hybridized carbons (Fsp3) is 0.263. The number of amides is 1. The zero-order chi connectivity index (χ0) is 17.6. The van der Waals surface area contributed by atoms with E-state index in [0.29, 0.717) is 18.7 Å². The summed E-state index contributed by atoms with van der Waals surface area (Å²) < 4.78 is 11.9. The van der Waals surface area contributed by atoms with Gasteiger partial charge in [-0.2, -0.15) is 0 Å². The number of benzene rings is 2. The van der Waals surface area contributed by atoms with Crippen molar-refractivity contribution in [1.82, 2.24) is 10.3 Å². The number of nitrogens with one attached hydrogen (secondary N) is 1. The molecule has 0 aliphatic heterocycles. The number of fused-ring (bicyclic) bond motifs is 1. The second-order valence-electron chi connectivity index (χ2n) is 5.55. The molecule has 5 nitrogen and oxygen atoms in total. The van der Waals surface area contributed by atoms with Gasteiger partial charge in [0.15, 0.2) is 6.10 Å². The van der Waals surface area contributed by atoms with Gasteiger partial charge in [-0.25, -0.2) is 4.98 Å². The predicted molar refractivity (Wildman–Crippen MR) is 99.4 cm³/mol. The Morgan fingerprint density at radius 3 is 2.60 bits per heavy atom. The van der Waals surface area contributed by atoms with E-state index in [2.05, 4.69) is 16.4 Å². The molecule has 1 aromatic heterocycles. The van der Waals surface area contributed by atoms with E-state index < -0.39 is 6.10 Å². The molecule has 0 saturated heterocycles. The van der Waals surface area contributed by atoms with Crippen LogP contribution in [-0.2, 0) is 11.2 Å². The molecular formula is C19H20N2O3S. The van der Waals surface area contributed by atoms with Crippen molar-refractivity contribution >= 4 is 27.5 Å². The molecule has 130 valence electrons. The number of para-hydroxylation sites is 1. The fourth-order valence-electron chi connectivity index (χ4n) is 2.38. The summed E-state index contributed by atoms with van der Waals surface area (Å²) in [7, 11) is 1.61. The average Bonchev–Trinajstić information content (AvgIpc) is 3.05. The fourth-order valence-corrected chi connectivity index (χ4v) is 3.34. The SMILES string of the molecule is COc1ccc(OC(C)C(=O)NCCc2nc3ccccc3s2)cc1. The highest BCUT2D eigenvalue weighted by atomic mass is 32.1. The molecule has 0 aliphatic carbocycles. The topological polar surface area (TPSA) is 60.5 Å². The first kappa shape index (κ1) is 17.2. The van der Waals surface area contributed by atoms with Gasteiger partial charge in [0.25, 0.3) is 5.91 Å². The lowest BCUT2D eigenvalue weighted by Gasteiger charge is -2.14. The highest BCUT2D eigenvalue weighted by molar-refractivity contribution is 7.18. The van der Waals surface area contributed by atoms with Crippen molar-refractivity contribution in [2.75, 3.05) is 13.7 Å². The zero-order valence-corrected chi connectivity index (χ0v) is 15.0. The maximum absolute atomic E-state index is 12.2. The smallest absolute Gasteiger partial charge is 0.260 e. The number of rotatable bonds is 7. The van der Waals surface area contributed by atoms with Crippen molar-refractivity contribution < 1.29 is 14.3 Å². The van der Waals surface area contributed by atoms with E-state index in [0.717, 1.165) is 16.3 Å². The van der Waals surface area contributed by atoms with Crippen LogP contribution in [0.4, 0.5) is 0 Å². The Hall–Kier alpha value is -2.60. The lowest BCUT2D eigenvalue weighted by Crippen LogP contribution is -2.37. The normalized spacial score (nSPS) is 11.9. The minimum atomic E-state index is -0.566. The monoisotopic (exact) mass is 356 g/mol. The first-order valence-electron chi connectivity index (χ1n) is 8.08. The van der Waals surface area contributed by atoms with Crippen LogP contribution in [-0.4, -0.2) is 30.6 Å². The number of methoxy groups -OCH3 is 1. The summed E-state index contributed by atoms with van der Waals surface area (Å²) in [6.45, 7) is 2.27. The van der Waals surface area contributed by atoms with E-state index in [4.69, 9.17) is 9.47 Å². The molecule has 0 fully saturated rings. The van der Waals surface area contributed by atoms with Crippen LogP contribution < -0.4 is 14.8 Å². The van der Waals surface area contributed by atoms with Crippen LogP contribution in [0.15, 0.2) is 48.5 Å². The van der Waals surface area contributed by atoms with Gasteiger partial charge in [-0.15, -0.1) is 11.3 Å². The van der Waals surface area contributed by atoms with Gasteiger partial charge in [0.1, 0.15) is 11.5 Å². The number of thiazole rings is 1. The summed E-state index contributed by atoms with van der Waals surface area (Å²) in [4.78, 5) is 16.7. The quantitative estimate of drug-likeness (QED) is 0.704. The third kappa shape index (κ3) is 4.48. The minimum Gasteiger partial charge on any atom is -0.497 e. The molecule has 0 radical (unpaired) electrons. The molecule has 0 bridgehead atoms. The number of nitrogens with zero attached hydrogens (tertiary/aromatic N) is 1. The standard InChI is InChI=1S/C19H20N2O3S/c1-13(24-15-9-7-14(23-2)8-10-15)19(22)20-12-11-18-21-16-5-3-4-6-17(16)25-18/h3-10,13H,11-12H2,1-2H3,(H,20,22). The van der Waals surface area contributed by atoms with Crippen molar-refractivity contribution in [3.8, 4) is 11.5 Å². The average molecular weight is 356 g/mol. The van der Waals surface area contributed by atoms with E-state index in [9.17, 15) is 4.79 Å². The molecule has 3 aromatic rings. The van der Waals surface area contributed by atoms with Gasteiger partial charge in [0.2, 0.25) is 0 Å². The summed E-state index contributed by atoms with van der Waals surface area (Å²) in [6.07, 6.45) is 0.143. The highest BCUT2D eigenvalue weighted by Gasteiger charge is 2.14. The predicted octanol–water partition coefficient (Wildman–Crippen LogP) is 3.43. The maximum Gasteiger partial charge on any atom is 0.260 e. The molecule has 25 heavy (non-hydrogen) atoms. The number of aromatic nitrogens is 1. The van der Waals surface area contributed by atoms with Crippen LogP contribution in [0.3, 0.4) is 0 Å². The summed E-state index contributed by atoms with van der Waals surface area (Å²) in [5.74, 6) is 1.24. The van der Waals surface area contributed by atoms with Gasteiger partial charge in [-0.05, 0) is 43.3 Å². The van der Waals surface area contributed by atoms with Gasteiger partial charge in [-0.1, -0.05) is 12.1 Å². The zero-order valence-electron chi connectivity index (χ0n) is 14.2. The number of hydrogen-bond acceptors (Lipinski definition) is 5. The molecular weight excluding hydrogens is 336 g/mol. The summed E-state index contributed by atoms with van der Waals surface area (Å²) in [6, 6.07) is 15.2. The number of carbonyl (C=O) groups is 1. The molecule has 1 amide bonds. The second kappa shape index (κ2) is 7.98. The van der Waals surface area contributed by atoms with Crippen LogP contribution in [0, 0.1) is 0 Å². The molecule has 1 heterocycles. The number of hydrogen-bond donors (Lipinski definition) is 1. The Bertz CT molecular complexity index is 812. The Morgan fingerprint density at radius 2 is 1.88 bits per heavy atom. The van der Waals surface area contributed by atoms with Crippen LogP contribution >= 0.6 is 11.3 Å². The van der Waals surface area contributed by atoms with Gasteiger partial charge in [-0.3, -0.25) is 4.79 Å². The minimum absolute atomic E-state index is 0.142. The molecule has 1 atom stereocenters. The van der Waals surface area contributed by atoms with Crippen LogP contribution in [0.25, 0.3) is 10.2 Å². The van der Waals surface area contributed by atoms with Gasteiger partial charge in [0.05, 0.1) is 22.3 Å². The Labute approximate surface area is 150 Å². The molecule has 0 saturated carbocycles. The summed E-state index contributed by atoms with van der Waals surface area (Å²) >= 11 is 1.66. The molecule has 0 aliphatic rings. The van der Waals surface area contributed by atoms with Crippen LogP contribution in [0.5, 0.6) is 11.5 Å². The number of carbonyl (C=O) groups excluding carboxylic acids is 1. The van der Waals surface area contributed by atoms with E-state index in [1.54, 1.807) is 49.6 Å². The Morgan fingerprint density at radius 1 is 1.16 bits per heavy atom.